The Hall–Kier alpha value is -3.14. The maximum absolute atomic E-state index is 12.7. The van der Waals surface area contributed by atoms with Gasteiger partial charge in [0.15, 0.2) is 0 Å². The summed E-state index contributed by atoms with van der Waals surface area (Å²) < 4.78 is 10.7. The standard InChI is InChI=1S/C20H21B2N3O6/c1-10(23-18(26)11-2-4-13-8-30-21-15(13)6-11)17(20(28)25-29)24-19(27)12-3-5-14-9-31-22-16(14)7-12/h2-7,10,17,21-22,29H,8-9H2,1H3,(H,23,26)(H,24,27)(H,25,28). The van der Waals surface area contributed by atoms with Crippen LogP contribution in [0.3, 0.4) is 0 Å². The molecule has 2 atom stereocenters. The van der Waals surface area contributed by atoms with Gasteiger partial charge in [0.25, 0.3) is 17.7 Å². The molecule has 0 aromatic heterocycles. The Kier molecular flexibility index (Phi) is 6.08. The second-order valence-electron chi connectivity index (χ2n) is 7.64. The number of fused-ring (bicyclic) bond motifs is 2. The second kappa shape index (κ2) is 8.93. The third kappa shape index (κ3) is 4.48. The summed E-state index contributed by atoms with van der Waals surface area (Å²) in [6, 6.07) is 8.43. The lowest BCUT2D eigenvalue weighted by Gasteiger charge is -2.24. The second-order valence-corrected chi connectivity index (χ2v) is 7.64. The molecule has 2 aliphatic rings. The predicted molar refractivity (Wildman–Crippen MR) is 114 cm³/mol. The van der Waals surface area contributed by atoms with Gasteiger partial charge < -0.3 is 19.9 Å². The number of amides is 3. The fourth-order valence-electron chi connectivity index (χ4n) is 3.71. The van der Waals surface area contributed by atoms with Crippen LogP contribution in [0.5, 0.6) is 0 Å². The van der Waals surface area contributed by atoms with Crippen LogP contribution < -0.4 is 27.0 Å². The van der Waals surface area contributed by atoms with E-state index in [1.807, 2.05) is 6.07 Å². The van der Waals surface area contributed by atoms with Crippen LogP contribution in [0.1, 0.15) is 38.8 Å². The van der Waals surface area contributed by atoms with Crippen LogP contribution in [0.2, 0.25) is 0 Å². The highest BCUT2D eigenvalue weighted by Gasteiger charge is 2.29. The summed E-state index contributed by atoms with van der Waals surface area (Å²) in [7, 11) is 0.874. The maximum atomic E-state index is 12.7. The highest BCUT2D eigenvalue weighted by molar-refractivity contribution is 6.49. The van der Waals surface area contributed by atoms with Crippen molar-refractivity contribution >= 4 is 43.6 Å². The highest BCUT2D eigenvalue weighted by atomic mass is 16.5. The molecule has 9 nitrogen and oxygen atoms in total. The maximum Gasteiger partial charge on any atom is 0.309 e. The summed E-state index contributed by atoms with van der Waals surface area (Å²) in [4.78, 5) is 37.6. The summed E-state index contributed by atoms with van der Waals surface area (Å²) in [5, 5.41) is 14.4. The predicted octanol–water partition coefficient (Wildman–Crippen LogP) is -1.88. The Bertz CT molecular complexity index is 1050. The van der Waals surface area contributed by atoms with E-state index in [4.69, 9.17) is 14.5 Å². The topological polar surface area (TPSA) is 126 Å². The van der Waals surface area contributed by atoms with Crippen molar-refractivity contribution in [2.45, 2.75) is 32.2 Å². The van der Waals surface area contributed by atoms with Crippen LogP contribution >= 0.6 is 0 Å². The molecule has 2 unspecified atom stereocenters. The lowest BCUT2D eigenvalue weighted by molar-refractivity contribution is -0.131. The molecule has 2 aliphatic heterocycles. The van der Waals surface area contributed by atoms with E-state index in [0.29, 0.717) is 39.3 Å². The molecular formula is C20H21B2N3O6. The minimum atomic E-state index is -1.19. The first-order valence-electron chi connectivity index (χ1n) is 9.91. The van der Waals surface area contributed by atoms with Gasteiger partial charge in [-0.1, -0.05) is 24.3 Å². The zero-order chi connectivity index (χ0) is 22.0. The van der Waals surface area contributed by atoms with E-state index in [2.05, 4.69) is 10.6 Å². The van der Waals surface area contributed by atoms with Crippen molar-refractivity contribution < 1.29 is 28.9 Å². The van der Waals surface area contributed by atoms with Gasteiger partial charge in [-0.2, -0.15) is 0 Å². The molecule has 0 aliphatic carbocycles. The van der Waals surface area contributed by atoms with Gasteiger partial charge in [-0.05, 0) is 41.1 Å². The molecule has 4 rings (SSSR count). The fourth-order valence-corrected chi connectivity index (χ4v) is 3.71. The SMILES string of the molecule is CC(NC(=O)c1ccc2c(c1)BOC2)C(NC(=O)c1ccc2c(c1)BOC2)C(=O)NO. The van der Waals surface area contributed by atoms with Crippen LogP contribution in [0.4, 0.5) is 0 Å². The van der Waals surface area contributed by atoms with Gasteiger partial charge in [0, 0.05) is 11.1 Å². The number of hydrogen-bond acceptors (Lipinski definition) is 6. The monoisotopic (exact) mass is 421 g/mol. The van der Waals surface area contributed by atoms with E-state index in [1.54, 1.807) is 42.7 Å². The lowest BCUT2D eigenvalue weighted by Crippen LogP contribution is -2.57. The third-order valence-electron chi connectivity index (χ3n) is 5.51. The fraction of sp³-hybridized carbons (Fsp3) is 0.250. The molecule has 3 amide bonds. The zero-order valence-corrected chi connectivity index (χ0v) is 16.9. The Balaban J connectivity index is 1.46. The molecule has 0 saturated heterocycles. The van der Waals surface area contributed by atoms with Gasteiger partial charge in [-0.25, -0.2) is 5.48 Å². The summed E-state index contributed by atoms with van der Waals surface area (Å²) in [5.41, 5.74) is 6.24. The molecule has 2 heterocycles. The number of hydrogen-bond donors (Lipinski definition) is 4. The van der Waals surface area contributed by atoms with Crippen molar-refractivity contribution in [2.24, 2.45) is 0 Å². The molecule has 2 aromatic carbocycles. The van der Waals surface area contributed by atoms with Gasteiger partial charge in [-0.3, -0.25) is 19.6 Å². The Labute approximate surface area is 180 Å². The van der Waals surface area contributed by atoms with Gasteiger partial charge in [0.1, 0.15) is 6.04 Å². The van der Waals surface area contributed by atoms with Crippen LogP contribution in [0.15, 0.2) is 36.4 Å². The van der Waals surface area contributed by atoms with Gasteiger partial charge in [-0.15, -0.1) is 0 Å². The highest BCUT2D eigenvalue weighted by Crippen LogP contribution is 2.10. The van der Waals surface area contributed by atoms with E-state index < -0.39 is 29.8 Å². The van der Waals surface area contributed by atoms with E-state index in [0.717, 1.165) is 22.1 Å². The third-order valence-corrected chi connectivity index (χ3v) is 5.51. The molecule has 11 heteroatoms. The van der Waals surface area contributed by atoms with Gasteiger partial charge >= 0.3 is 15.0 Å². The number of benzene rings is 2. The Morgan fingerprint density at radius 2 is 1.42 bits per heavy atom. The normalized spacial score (nSPS) is 15.5. The van der Waals surface area contributed by atoms with Crippen molar-refractivity contribution in [2.75, 3.05) is 0 Å². The zero-order valence-electron chi connectivity index (χ0n) is 16.9. The molecule has 0 radical (unpaired) electrons. The molecular weight excluding hydrogens is 400 g/mol. The number of carbonyl (C=O) groups excluding carboxylic acids is 3. The van der Waals surface area contributed by atoms with E-state index >= 15 is 0 Å². The Morgan fingerprint density at radius 1 is 0.903 bits per heavy atom. The van der Waals surface area contributed by atoms with E-state index in [9.17, 15) is 14.4 Å². The molecule has 0 saturated carbocycles. The van der Waals surface area contributed by atoms with Crippen molar-refractivity contribution in [3.8, 4) is 0 Å². The largest absolute Gasteiger partial charge is 0.430 e. The number of rotatable bonds is 6. The first-order chi connectivity index (χ1) is 15.0. The van der Waals surface area contributed by atoms with Crippen LogP contribution in [0, 0.1) is 0 Å². The molecule has 4 N–H and O–H groups in total. The van der Waals surface area contributed by atoms with Gasteiger partial charge in [0.2, 0.25) is 0 Å². The van der Waals surface area contributed by atoms with Crippen molar-refractivity contribution in [1.29, 1.82) is 0 Å². The van der Waals surface area contributed by atoms with Gasteiger partial charge in [0.05, 0.1) is 19.3 Å². The molecule has 158 valence electrons. The van der Waals surface area contributed by atoms with Crippen LogP contribution in [-0.4, -0.2) is 50.0 Å². The average Bonchev–Trinajstić information content (AvgIpc) is 3.44. The average molecular weight is 421 g/mol. The Morgan fingerprint density at radius 3 is 1.94 bits per heavy atom. The van der Waals surface area contributed by atoms with Crippen molar-refractivity contribution in [1.82, 2.24) is 16.1 Å². The van der Waals surface area contributed by atoms with E-state index in [1.165, 1.54) is 0 Å². The minimum Gasteiger partial charge on any atom is -0.430 e. The summed E-state index contributed by atoms with van der Waals surface area (Å²) >= 11 is 0. The van der Waals surface area contributed by atoms with Crippen LogP contribution in [0.25, 0.3) is 0 Å². The summed E-state index contributed by atoms with van der Waals surface area (Å²) in [6.45, 7) is 2.60. The number of nitrogens with one attached hydrogen (secondary N) is 3. The molecule has 0 fully saturated rings. The van der Waals surface area contributed by atoms with Crippen molar-refractivity contribution in [3.05, 3.63) is 58.7 Å². The first kappa shape index (κ1) is 21.1. The number of carbonyl (C=O) groups is 3. The molecule has 31 heavy (non-hydrogen) atoms. The smallest absolute Gasteiger partial charge is 0.309 e. The van der Waals surface area contributed by atoms with Crippen LogP contribution in [-0.2, 0) is 27.3 Å². The van der Waals surface area contributed by atoms with E-state index in [-0.39, 0.29) is 0 Å². The number of hydroxylamine groups is 1. The summed E-state index contributed by atoms with van der Waals surface area (Å²) in [5.74, 6) is -1.74. The first-order valence-corrected chi connectivity index (χ1v) is 9.91. The lowest BCUT2D eigenvalue weighted by atomic mass is 9.86. The molecule has 2 aromatic rings. The minimum absolute atomic E-state index is 0.358. The summed E-state index contributed by atoms with van der Waals surface area (Å²) in [6.07, 6.45) is 0. The quantitative estimate of drug-likeness (QED) is 0.246. The molecule has 0 spiro atoms. The van der Waals surface area contributed by atoms with Crippen molar-refractivity contribution in [3.63, 3.8) is 0 Å². The molecule has 0 bridgehead atoms.